The molecule has 0 saturated carbocycles. The standard InChI is InChI=1S/C12H22N4O2/c1-3-9-18-11-4-5-14-12(16-11)15-7-6-13-8-10-17-2/h4-5,13H,3,6-10H2,1-2H3,(H,14,15,16). The molecule has 6 nitrogen and oxygen atoms in total. The van der Waals surface area contributed by atoms with Gasteiger partial charge >= 0.3 is 0 Å². The molecule has 102 valence electrons. The summed E-state index contributed by atoms with van der Waals surface area (Å²) in [5.74, 6) is 1.21. The minimum Gasteiger partial charge on any atom is -0.478 e. The van der Waals surface area contributed by atoms with Crippen LogP contribution in [-0.4, -0.2) is 49.9 Å². The molecule has 0 amide bonds. The molecule has 6 heteroatoms. The highest BCUT2D eigenvalue weighted by molar-refractivity contribution is 5.27. The number of ether oxygens (including phenoxy) is 2. The lowest BCUT2D eigenvalue weighted by molar-refractivity contribution is 0.200. The first kappa shape index (κ1) is 14.7. The molecule has 0 aromatic carbocycles. The van der Waals surface area contributed by atoms with E-state index in [1.807, 2.05) is 0 Å². The average Bonchev–Trinajstić information content (AvgIpc) is 2.41. The van der Waals surface area contributed by atoms with E-state index in [4.69, 9.17) is 9.47 Å². The van der Waals surface area contributed by atoms with Crippen LogP contribution >= 0.6 is 0 Å². The van der Waals surface area contributed by atoms with E-state index in [1.165, 1.54) is 0 Å². The molecule has 0 unspecified atom stereocenters. The molecule has 0 aliphatic carbocycles. The van der Waals surface area contributed by atoms with Gasteiger partial charge < -0.3 is 20.1 Å². The molecule has 2 N–H and O–H groups in total. The fourth-order valence-electron chi connectivity index (χ4n) is 1.28. The zero-order valence-electron chi connectivity index (χ0n) is 11.1. The first-order chi connectivity index (χ1) is 8.86. The Labute approximate surface area is 108 Å². The summed E-state index contributed by atoms with van der Waals surface area (Å²) in [6.45, 7) is 5.91. The van der Waals surface area contributed by atoms with Crippen LogP contribution in [0.4, 0.5) is 5.95 Å². The number of rotatable bonds is 10. The number of nitrogens with zero attached hydrogens (tertiary/aromatic N) is 2. The minimum atomic E-state index is 0.595. The van der Waals surface area contributed by atoms with Gasteiger partial charge in [0.15, 0.2) is 0 Å². The van der Waals surface area contributed by atoms with Crippen molar-refractivity contribution in [3.63, 3.8) is 0 Å². The minimum absolute atomic E-state index is 0.595. The number of aromatic nitrogens is 2. The second kappa shape index (κ2) is 9.61. The Morgan fingerprint density at radius 1 is 1.22 bits per heavy atom. The van der Waals surface area contributed by atoms with Crippen LogP contribution in [0.1, 0.15) is 13.3 Å². The van der Waals surface area contributed by atoms with E-state index in [-0.39, 0.29) is 0 Å². The summed E-state index contributed by atoms with van der Waals surface area (Å²) in [5.41, 5.74) is 0. The van der Waals surface area contributed by atoms with Gasteiger partial charge in [0, 0.05) is 39.0 Å². The summed E-state index contributed by atoms with van der Waals surface area (Å²) >= 11 is 0. The Morgan fingerprint density at radius 3 is 2.89 bits per heavy atom. The Hall–Kier alpha value is -1.40. The third-order valence-corrected chi connectivity index (χ3v) is 2.15. The van der Waals surface area contributed by atoms with Gasteiger partial charge in [0.05, 0.1) is 13.2 Å². The molecule has 0 fully saturated rings. The van der Waals surface area contributed by atoms with Crippen molar-refractivity contribution in [2.45, 2.75) is 13.3 Å². The fraction of sp³-hybridized carbons (Fsp3) is 0.667. The van der Waals surface area contributed by atoms with Crippen molar-refractivity contribution < 1.29 is 9.47 Å². The summed E-state index contributed by atoms with van der Waals surface area (Å²) in [6.07, 6.45) is 2.66. The van der Waals surface area contributed by atoms with Crippen LogP contribution in [0.2, 0.25) is 0 Å². The van der Waals surface area contributed by atoms with Crippen LogP contribution in [-0.2, 0) is 4.74 Å². The van der Waals surface area contributed by atoms with E-state index in [1.54, 1.807) is 19.4 Å². The summed E-state index contributed by atoms with van der Waals surface area (Å²) in [7, 11) is 1.69. The normalized spacial score (nSPS) is 10.3. The largest absolute Gasteiger partial charge is 0.478 e. The van der Waals surface area contributed by atoms with Crippen LogP contribution in [0, 0.1) is 0 Å². The van der Waals surface area contributed by atoms with E-state index in [9.17, 15) is 0 Å². The highest BCUT2D eigenvalue weighted by Gasteiger charge is 1.98. The first-order valence-electron chi connectivity index (χ1n) is 6.26. The maximum absolute atomic E-state index is 5.43. The van der Waals surface area contributed by atoms with Crippen molar-refractivity contribution in [3.8, 4) is 5.88 Å². The number of hydrogen-bond donors (Lipinski definition) is 2. The van der Waals surface area contributed by atoms with Crippen LogP contribution in [0.3, 0.4) is 0 Å². The van der Waals surface area contributed by atoms with Gasteiger partial charge in [-0.1, -0.05) is 6.92 Å². The van der Waals surface area contributed by atoms with Gasteiger partial charge in [-0.05, 0) is 6.42 Å². The van der Waals surface area contributed by atoms with E-state index < -0.39 is 0 Å². The molecule has 18 heavy (non-hydrogen) atoms. The number of anilines is 1. The van der Waals surface area contributed by atoms with Gasteiger partial charge in [-0.15, -0.1) is 0 Å². The maximum Gasteiger partial charge on any atom is 0.225 e. The Kier molecular flexibility index (Phi) is 7.83. The van der Waals surface area contributed by atoms with Gasteiger partial charge in [0.1, 0.15) is 0 Å². The highest BCUT2D eigenvalue weighted by Crippen LogP contribution is 2.07. The van der Waals surface area contributed by atoms with Crippen LogP contribution in [0.25, 0.3) is 0 Å². The molecular weight excluding hydrogens is 232 g/mol. The molecule has 1 aromatic rings. The van der Waals surface area contributed by atoms with Crippen molar-refractivity contribution in [3.05, 3.63) is 12.3 Å². The summed E-state index contributed by atoms with van der Waals surface area (Å²) in [6, 6.07) is 1.76. The van der Waals surface area contributed by atoms with E-state index in [2.05, 4.69) is 27.5 Å². The van der Waals surface area contributed by atoms with Crippen molar-refractivity contribution >= 4 is 5.95 Å². The third kappa shape index (κ3) is 6.36. The Bertz CT molecular complexity index is 323. The zero-order chi connectivity index (χ0) is 13.1. The van der Waals surface area contributed by atoms with Crippen LogP contribution in [0.15, 0.2) is 12.3 Å². The molecule has 0 bridgehead atoms. The number of methoxy groups -OCH3 is 1. The van der Waals surface area contributed by atoms with Gasteiger partial charge in [-0.2, -0.15) is 4.98 Å². The van der Waals surface area contributed by atoms with Gasteiger partial charge in [-0.25, -0.2) is 4.98 Å². The quantitative estimate of drug-likeness (QED) is 0.605. The molecule has 1 aromatic heterocycles. The van der Waals surface area contributed by atoms with Gasteiger partial charge in [0.2, 0.25) is 11.8 Å². The van der Waals surface area contributed by atoms with E-state index >= 15 is 0 Å². The second-order valence-corrected chi connectivity index (χ2v) is 3.74. The predicted molar refractivity (Wildman–Crippen MR) is 71.1 cm³/mol. The smallest absolute Gasteiger partial charge is 0.225 e. The first-order valence-corrected chi connectivity index (χ1v) is 6.26. The fourth-order valence-corrected chi connectivity index (χ4v) is 1.28. The molecule has 1 heterocycles. The van der Waals surface area contributed by atoms with Crippen molar-refractivity contribution in [2.75, 3.05) is 45.3 Å². The predicted octanol–water partition coefficient (Wildman–Crippen LogP) is 0.913. The molecule has 0 atom stereocenters. The highest BCUT2D eigenvalue weighted by atomic mass is 16.5. The van der Waals surface area contributed by atoms with Crippen molar-refractivity contribution in [1.82, 2.24) is 15.3 Å². The topological polar surface area (TPSA) is 68.3 Å². The van der Waals surface area contributed by atoms with Crippen molar-refractivity contribution in [2.24, 2.45) is 0 Å². The average molecular weight is 254 g/mol. The van der Waals surface area contributed by atoms with Crippen LogP contribution < -0.4 is 15.4 Å². The maximum atomic E-state index is 5.43. The molecule has 1 rings (SSSR count). The van der Waals surface area contributed by atoms with E-state index in [0.29, 0.717) is 18.4 Å². The zero-order valence-corrected chi connectivity index (χ0v) is 11.1. The summed E-state index contributed by atoms with van der Waals surface area (Å²) < 4.78 is 10.4. The monoisotopic (exact) mass is 254 g/mol. The number of hydrogen-bond acceptors (Lipinski definition) is 6. The molecule has 0 aliphatic heterocycles. The van der Waals surface area contributed by atoms with Crippen LogP contribution in [0.5, 0.6) is 5.88 Å². The summed E-state index contributed by atoms with van der Waals surface area (Å²) in [5, 5.41) is 6.36. The lowest BCUT2D eigenvalue weighted by atomic mass is 10.5. The summed E-state index contributed by atoms with van der Waals surface area (Å²) in [4.78, 5) is 8.37. The van der Waals surface area contributed by atoms with E-state index in [0.717, 1.165) is 32.7 Å². The molecular formula is C12H22N4O2. The van der Waals surface area contributed by atoms with Gasteiger partial charge in [-0.3, -0.25) is 0 Å². The molecule has 0 spiro atoms. The number of nitrogens with one attached hydrogen (secondary N) is 2. The lowest BCUT2D eigenvalue weighted by Crippen LogP contribution is -2.25. The SMILES string of the molecule is CCCOc1ccnc(NCCNCCOC)n1. The molecule has 0 saturated heterocycles. The van der Waals surface area contributed by atoms with Crippen molar-refractivity contribution in [1.29, 1.82) is 0 Å². The Morgan fingerprint density at radius 2 is 2.11 bits per heavy atom. The third-order valence-electron chi connectivity index (χ3n) is 2.15. The molecule has 0 aliphatic rings. The second-order valence-electron chi connectivity index (χ2n) is 3.74. The molecule has 0 radical (unpaired) electrons. The van der Waals surface area contributed by atoms with Gasteiger partial charge in [0.25, 0.3) is 0 Å². The lowest BCUT2D eigenvalue weighted by Gasteiger charge is -2.07. The Balaban J connectivity index is 2.20.